The van der Waals surface area contributed by atoms with Crippen LogP contribution in [-0.4, -0.2) is 48.8 Å². The molecule has 32 heavy (non-hydrogen) atoms. The summed E-state index contributed by atoms with van der Waals surface area (Å²) < 4.78 is 10.7. The number of nitrogens with one attached hydrogen (secondary N) is 1. The third kappa shape index (κ3) is 5.13. The lowest BCUT2D eigenvalue weighted by atomic mass is 10.1. The number of rotatable bonds is 8. The van der Waals surface area contributed by atoms with E-state index in [1.54, 1.807) is 25.3 Å². The van der Waals surface area contributed by atoms with Gasteiger partial charge in [-0.1, -0.05) is 18.2 Å². The highest BCUT2D eigenvalue weighted by atomic mass is 32.2. The fourth-order valence-electron chi connectivity index (χ4n) is 3.69. The second-order valence-electron chi connectivity index (χ2n) is 7.53. The van der Waals surface area contributed by atoms with Gasteiger partial charge < -0.3 is 14.8 Å². The number of nitrogens with zero attached hydrogens (tertiary/aromatic N) is 1. The molecule has 0 unspecified atom stereocenters. The molecule has 8 heteroatoms. The first-order chi connectivity index (χ1) is 15.5. The van der Waals surface area contributed by atoms with E-state index in [-0.39, 0.29) is 36.7 Å². The van der Waals surface area contributed by atoms with E-state index >= 15 is 0 Å². The fraction of sp³-hybridized carbons (Fsp3) is 0.292. The molecule has 0 atom stereocenters. The molecule has 1 aliphatic carbocycles. The van der Waals surface area contributed by atoms with Crippen LogP contribution in [0.25, 0.3) is 6.08 Å². The van der Waals surface area contributed by atoms with Gasteiger partial charge in [-0.15, -0.1) is 0 Å². The predicted molar refractivity (Wildman–Crippen MR) is 123 cm³/mol. The largest absolute Gasteiger partial charge is 0.497 e. The number of amides is 3. The molecule has 2 aromatic rings. The number of fused-ring (bicyclic) bond motifs is 1. The first kappa shape index (κ1) is 22.0. The van der Waals surface area contributed by atoms with Crippen LogP contribution in [0, 0.1) is 0 Å². The van der Waals surface area contributed by atoms with Gasteiger partial charge in [0.15, 0.2) is 6.61 Å². The third-order valence-electron chi connectivity index (χ3n) is 5.38. The smallest absolute Gasteiger partial charge is 0.293 e. The minimum Gasteiger partial charge on any atom is -0.497 e. The monoisotopic (exact) mass is 452 g/mol. The molecule has 7 nitrogen and oxygen atoms in total. The Bertz CT molecular complexity index is 1060. The predicted octanol–water partition coefficient (Wildman–Crippen LogP) is 3.42. The van der Waals surface area contributed by atoms with Crippen LogP contribution in [0.4, 0.5) is 4.79 Å². The molecule has 1 aliphatic heterocycles. The van der Waals surface area contributed by atoms with Gasteiger partial charge in [-0.2, -0.15) is 0 Å². The van der Waals surface area contributed by atoms with E-state index in [1.165, 1.54) is 11.1 Å². The minimum atomic E-state index is -0.362. The number of aryl methyl sites for hydroxylation is 2. The topological polar surface area (TPSA) is 84.9 Å². The Balaban J connectivity index is 1.24. The van der Waals surface area contributed by atoms with Crippen LogP contribution in [0.3, 0.4) is 0 Å². The van der Waals surface area contributed by atoms with Gasteiger partial charge in [0.25, 0.3) is 17.1 Å². The summed E-state index contributed by atoms with van der Waals surface area (Å²) in [5.41, 5.74) is 3.43. The lowest BCUT2D eigenvalue weighted by Gasteiger charge is -2.13. The molecule has 2 aliphatic rings. The lowest BCUT2D eigenvalue weighted by Crippen LogP contribution is -2.38. The molecule has 0 saturated carbocycles. The van der Waals surface area contributed by atoms with Crippen LogP contribution < -0.4 is 14.8 Å². The van der Waals surface area contributed by atoms with Crippen LogP contribution in [0.1, 0.15) is 23.1 Å². The number of methoxy groups -OCH3 is 1. The molecular formula is C24H24N2O5S. The van der Waals surface area contributed by atoms with Crippen LogP contribution in [0.15, 0.2) is 47.4 Å². The van der Waals surface area contributed by atoms with Crippen molar-refractivity contribution in [3.8, 4) is 11.5 Å². The highest BCUT2D eigenvalue weighted by Gasteiger charge is 2.34. The molecular weight excluding hydrogens is 428 g/mol. The number of hydrogen-bond donors (Lipinski definition) is 1. The molecule has 1 fully saturated rings. The Morgan fingerprint density at radius 1 is 1.09 bits per heavy atom. The van der Waals surface area contributed by atoms with Gasteiger partial charge in [0.05, 0.1) is 12.0 Å². The Hall–Kier alpha value is -3.26. The zero-order chi connectivity index (χ0) is 22.5. The average Bonchev–Trinajstić information content (AvgIpc) is 3.37. The SMILES string of the molecule is COc1ccc(/C=C2/SC(=O)N(CCNC(=O)COc3ccc4c(c3)CCC4)C2=O)cc1. The summed E-state index contributed by atoms with van der Waals surface area (Å²) in [6.45, 7) is 0.160. The molecule has 0 radical (unpaired) electrons. The Morgan fingerprint density at radius 3 is 2.62 bits per heavy atom. The number of ether oxygens (including phenoxy) is 2. The van der Waals surface area contributed by atoms with Gasteiger partial charge in [-0.25, -0.2) is 0 Å². The molecule has 2 aromatic carbocycles. The molecule has 0 spiro atoms. The van der Waals surface area contributed by atoms with E-state index in [2.05, 4.69) is 11.4 Å². The summed E-state index contributed by atoms with van der Waals surface area (Å²) in [4.78, 5) is 38.4. The van der Waals surface area contributed by atoms with Crippen molar-refractivity contribution in [1.82, 2.24) is 10.2 Å². The molecule has 1 saturated heterocycles. The third-order valence-corrected chi connectivity index (χ3v) is 6.29. The van der Waals surface area contributed by atoms with Gasteiger partial charge >= 0.3 is 0 Å². The van der Waals surface area contributed by atoms with Crippen molar-refractivity contribution < 1.29 is 23.9 Å². The Kier molecular flexibility index (Phi) is 6.80. The molecule has 4 rings (SSSR count). The van der Waals surface area contributed by atoms with Crippen molar-refractivity contribution in [1.29, 1.82) is 0 Å². The molecule has 1 N–H and O–H groups in total. The van der Waals surface area contributed by atoms with Crippen LogP contribution in [-0.2, 0) is 22.4 Å². The number of carbonyl (C=O) groups excluding carboxylic acids is 3. The Labute approximate surface area is 190 Å². The van der Waals surface area contributed by atoms with E-state index in [1.807, 2.05) is 24.3 Å². The quantitative estimate of drug-likeness (QED) is 0.618. The van der Waals surface area contributed by atoms with E-state index in [0.29, 0.717) is 16.4 Å². The van der Waals surface area contributed by atoms with Crippen molar-refractivity contribution >= 4 is 34.9 Å². The van der Waals surface area contributed by atoms with Crippen LogP contribution in [0.5, 0.6) is 11.5 Å². The number of thioether (sulfide) groups is 1. The maximum atomic E-state index is 12.6. The van der Waals surface area contributed by atoms with Crippen molar-refractivity contribution in [3.63, 3.8) is 0 Å². The number of benzene rings is 2. The molecule has 3 amide bonds. The summed E-state index contributed by atoms with van der Waals surface area (Å²) in [5.74, 6) is 0.729. The van der Waals surface area contributed by atoms with Gasteiger partial charge in [0.1, 0.15) is 11.5 Å². The van der Waals surface area contributed by atoms with Crippen LogP contribution >= 0.6 is 11.8 Å². The van der Waals surface area contributed by atoms with Gasteiger partial charge in [0, 0.05) is 13.1 Å². The maximum absolute atomic E-state index is 12.6. The molecule has 166 valence electrons. The average molecular weight is 453 g/mol. The molecule has 0 bridgehead atoms. The van der Waals surface area contributed by atoms with Crippen LogP contribution in [0.2, 0.25) is 0 Å². The number of imide groups is 1. The summed E-state index contributed by atoms with van der Waals surface area (Å²) in [6.07, 6.45) is 4.97. The molecule has 1 heterocycles. The summed E-state index contributed by atoms with van der Waals surface area (Å²) in [6, 6.07) is 13.1. The first-order valence-corrected chi connectivity index (χ1v) is 11.3. The van der Waals surface area contributed by atoms with Gasteiger partial charge in [-0.3, -0.25) is 19.3 Å². The van der Waals surface area contributed by atoms with Gasteiger partial charge in [0.2, 0.25) is 0 Å². The van der Waals surface area contributed by atoms with Gasteiger partial charge in [-0.05, 0) is 78.1 Å². The molecule has 0 aromatic heterocycles. The highest BCUT2D eigenvalue weighted by molar-refractivity contribution is 8.18. The second-order valence-corrected chi connectivity index (χ2v) is 8.52. The van der Waals surface area contributed by atoms with Crippen molar-refractivity contribution in [2.75, 3.05) is 26.8 Å². The number of hydrogen-bond acceptors (Lipinski definition) is 6. The zero-order valence-electron chi connectivity index (χ0n) is 17.8. The van der Waals surface area contributed by atoms with E-state index in [9.17, 15) is 14.4 Å². The second kappa shape index (κ2) is 9.91. The zero-order valence-corrected chi connectivity index (χ0v) is 18.6. The van der Waals surface area contributed by atoms with Crippen molar-refractivity contribution in [2.45, 2.75) is 19.3 Å². The summed E-state index contributed by atoms with van der Waals surface area (Å²) >= 11 is 0.893. The van der Waals surface area contributed by atoms with E-state index in [0.717, 1.165) is 41.5 Å². The summed E-state index contributed by atoms with van der Waals surface area (Å²) in [7, 11) is 1.58. The van der Waals surface area contributed by atoms with E-state index < -0.39 is 0 Å². The maximum Gasteiger partial charge on any atom is 0.293 e. The normalized spacial score (nSPS) is 16.4. The standard InChI is InChI=1S/C24H24N2O5S/c1-30-19-8-5-16(6-9-19)13-21-23(28)26(24(29)32-21)12-11-25-22(27)15-31-20-10-7-17-3-2-4-18(17)14-20/h5-10,13-14H,2-4,11-12,15H2,1H3,(H,25,27)/b21-13+. The first-order valence-electron chi connectivity index (χ1n) is 10.4. The Morgan fingerprint density at radius 2 is 1.84 bits per heavy atom. The van der Waals surface area contributed by atoms with E-state index in [4.69, 9.17) is 9.47 Å². The fourth-order valence-corrected chi connectivity index (χ4v) is 4.55. The highest BCUT2D eigenvalue weighted by Crippen LogP contribution is 2.32. The minimum absolute atomic E-state index is 0.106. The summed E-state index contributed by atoms with van der Waals surface area (Å²) in [5, 5.41) is 2.35. The van der Waals surface area contributed by atoms with Crippen molar-refractivity contribution in [3.05, 3.63) is 64.1 Å². The lowest BCUT2D eigenvalue weighted by molar-refractivity contribution is -0.125. The number of carbonyl (C=O) groups is 3. The van der Waals surface area contributed by atoms with Crippen molar-refractivity contribution in [2.24, 2.45) is 0 Å².